The lowest BCUT2D eigenvalue weighted by molar-refractivity contribution is -0.124. The third kappa shape index (κ3) is 3.55. The average molecular weight is 354 g/mol. The zero-order valence-corrected chi connectivity index (χ0v) is 14.6. The number of rotatable bonds is 4. The van der Waals surface area contributed by atoms with E-state index in [2.05, 4.69) is 5.32 Å². The standard InChI is InChI=1S/C20H22N2O4/c1-21-19(25)16-7-8-22(11-16)20(26)15-4-2-3-13(9-15)14-5-6-18(24)17(10-14)12-23/h2-6,9-10,16,23-24H,7-8,11-12H2,1H3,(H,21,25)/t16-/m1/s1. The number of carbonyl (C=O) groups excluding carboxylic acids is 2. The summed E-state index contributed by atoms with van der Waals surface area (Å²) in [5, 5.41) is 21.7. The fourth-order valence-corrected chi connectivity index (χ4v) is 3.27. The maximum absolute atomic E-state index is 12.8. The van der Waals surface area contributed by atoms with Gasteiger partial charge >= 0.3 is 0 Å². The number of likely N-dealkylation sites (tertiary alicyclic amines) is 1. The van der Waals surface area contributed by atoms with E-state index in [1.54, 1.807) is 42.3 Å². The van der Waals surface area contributed by atoms with Gasteiger partial charge in [0.2, 0.25) is 5.91 Å². The summed E-state index contributed by atoms with van der Waals surface area (Å²) in [5.41, 5.74) is 2.63. The summed E-state index contributed by atoms with van der Waals surface area (Å²) >= 11 is 0. The number of nitrogens with zero attached hydrogens (tertiary/aromatic N) is 1. The van der Waals surface area contributed by atoms with Crippen molar-refractivity contribution in [2.24, 2.45) is 5.92 Å². The van der Waals surface area contributed by atoms with Crippen LogP contribution in [-0.4, -0.2) is 47.1 Å². The van der Waals surface area contributed by atoms with Crippen LogP contribution in [0.4, 0.5) is 0 Å². The molecule has 0 unspecified atom stereocenters. The van der Waals surface area contributed by atoms with Crippen molar-refractivity contribution in [3.05, 3.63) is 53.6 Å². The first-order chi connectivity index (χ1) is 12.5. The molecule has 6 heteroatoms. The molecule has 136 valence electrons. The van der Waals surface area contributed by atoms with Gasteiger partial charge in [0, 0.05) is 31.3 Å². The minimum Gasteiger partial charge on any atom is -0.508 e. The van der Waals surface area contributed by atoms with Gasteiger partial charge in [-0.25, -0.2) is 0 Å². The molecule has 1 fully saturated rings. The molecule has 1 saturated heterocycles. The van der Waals surface area contributed by atoms with Crippen LogP contribution in [0.5, 0.6) is 5.75 Å². The van der Waals surface area contributed by atoms with Crippen molar-refractivity contribution in [3.63, 3.8) is 0 Å². The van der Waals surface area contributed by atoms with E-state index in [0.29, 0.717) is 30.6 Å². The second kappa shape index (κ2) is 7.58. The molecule has 0 spiro atoms. The van der Waals surface area contributed by atoms with Crippen molar-refractivity contribution >= 4 is 11.8 Å². The van der Waals surface area contributed by atoms with Crippen molar-refractivity contribution in [2.45, 2.75) is 13.0 Å². The Kier molecular flexibility index (Phi) is 5.23. The first-order valence-electron chi connectivity index (χ1n) is 8.57. The van der Waals surface area contributed by atoms with Crippen molar-refractivity contribution in [1.29, 1.82) is 0 Å². The van der Waals surface area contributed by atoms with Gasteiger partial charge in [0.1, 0.15) is 5.75 Å². The summed E-state index contributed by atoms with van der Waals surface area (Å²) in [7, 11) is 1.61. The Morgan fingerprint density at radius 3 is 2.69 bits per heavy atom. The van der Waals surface area contributed by atoms with E-state index in [1.807, 2.05) is 6.07 Å². The summed E-state index contributed by atoms with van der Waals surface area (Å²) in [5.74, 6) is -0.244. The summed E-state index contributed by atoms with van der Waals surface area (Å²) in [4.78, 5) is 26.2. The number of carbonyl (C=O) groups is 2. The Labute approximate surface area is 152 Å². The highest BCUT2D eigenvalue weighted by atomic mass is 16.3. The lowest BCUT2D eigenvalue weighted by atomic mass is 10.0. The van der Waals surface area contributed by atoms with Crippen LogP contribution in [0.1, 0.15) is 22.3 Å². The molecule has 0 aliphatic carbocycles. The fourth-order valence-electron chi connectivity index (χ4n) is 3.27. The molecule has 2 aromatic carbocycles. The maximum Gasteiger partial charge on any atom is 0.253 e. The monoisotopic (exact) mass is 354 g/mol. The fraction of sp³-hybridized carbons (Fsp3) is 0.300. The third-order valence-electron chi connectivity index (χ3n) is 4.79. The van der Waals surface area contributed by atoms with Crippen molar-refractivity contribution < 1.29 is 19.8 Å². The number of nitrogens with one attached hydrogen (secondary N) is 1. The van der Waals surface area contributed by atoms with Gasteiger partial charge in [0.05, 0.1) is 12.5 Å². The number of amides is 2. The lowest BCUT2D eigenvalue weighted by Crippen LogP contribution is -2.33. The highest BCUT2D eigenvalue weighted by Gasteiger charge is 2.30. The molecule has 1 aliphatic heterocycles. The van der Waals surface area contributed by atoms with Crippen LogP contribution in [0.2, 0.25) is 0 Å². The van der Waals surface area contributed by atoms with Crippen molar-refractivity contribution in [1.82, 2.24) is 10.2 Å². The van der Waals surface area contributed by atoms with Crippen molar-refractivity contribution in [3.8, 4) is 16.9 Å². The average Bonchev–Trinajstić information content (AvgIpc) is 3.17. The normalized spacial score (nSPS) is 16.5. The lowest BCUT2D eigenvalue weighted by Gasteiger charge is -2.17. The van der Waals surface area contributed by atoms with E-state index < -0.39 is 0 Å². The largest absolute Gasteiger partial charge is 0.508 e. The van der Waals surface area contributed by atoms with E-state index in [4.69, 9.17) is 0 Å². The molecular formula is C20H22N2O4. The molecule has 6 nitrogen and oxygen atoms in total. The molecule has 0 bridgehead atoms. The van der Waals surface area contributed by atoms with Gasteiger partial charge in [0.25, 0.3) is 5.91 Å². The number of benzene rings is 2. The molecule has 3 rings (SSSR count). The molecule has 2 amide bonds. The van der Waals surface area contributed by atoms with Gasteiger partial charge in [-0.3, -0.25) is 9.59 Å². The summed E-state index contributed by atoms with van der Waals surface area (Å²) < 4.78 is 0. The Morgan fingerprint density at radius 1 is 1.19 bits per heavy atom. The Morgan fingerprint density at radius 2 is 1.96 bits per heavy atom. The third-order valence-corrected chi connectivity index (χ3v) is 4.79. The predicted molar refractivity (Wildman–Crippen MR) is 97.5 cm³/mol. The summed E-state index contributed by atoms with van der Waals surface area (Å²) in [6.07, 6.45) is 0.670. The van der Waals surface area contributed by atoms with E-state index in [0.717, 1.165) is 11.1 Å². The van der Waals surface area contributed by atoms with Crippen LogP contribution >= 0.6 is 0 Å². The smallest absolute Gasteiger partial charge is 0.253 e. The number of hydrogen-bond donors (Lipinski definition) is 3. The molecule has 3 N–H and O–H groups in total. The van der Waals surface area contributed by atoms with Crippen LogP contribution in [0.15, 0.2) is 42.5 Å². The molecule has 2 aromatic rings. The molecule has 0 aromatic heterocycles. The quantitative estimate of drug-likeness (QED) is 0.780. The number of aromatic hydroxyl groups is 1. The van der Waals surface area contributed by atoms with Gasteiger partial charge in [-0.2, -0.15) is 0 Å². The first-order valence-corrected chi connectivity index (χ1v) is 8.57. The number of aliphatic hydroxyl groups is 1. The van der Waals surface area contributed by atoms with Gasteiger partial charge in [-0.1, -0.05) is 18.2 Å². The Balaban J connectivity index is 1.81. The number of hydrogen-bond acceptors (Lipinski definition) is 4. The number of aliphatic hydroxyl groups excluding tert-OH is 1. The van der Waals surface area contributed by atoms with E-state index in [9.17, 15) is 19.8 Å². The second-order valence-corrected chi connectivity index (χ2v) is 6.43. The number of phenols is 1. The van der Waals surface area contributed by atoms with Crippen LogP contribution in [0, 0.1) is 5.92 Å². The van der Waals surface area contributed by atoms with Crippen LogP contribution in [-0.2, 0) is 11.4 Å². The Hall–Kier alpha value is -2.86. The second-order valence-electron chi connectivity index (χ2n) is 6.43. The summed E-state index contributed by atoms with van der Waals surface area (Å²) in [6, 6.07) is 12.2. The summed E-state index contributed by atoms with van der Waals surface area (Å²) in [6.45, 7) is 0.735. The maximum atomic E-state index is 12.8. The molecule has 1 aliphatic rings. The SMILES string of the molecule is CNC(=O)[C@@H]1CCN(C(=O)c2cccc(-c3ccc(O)c(CO)c3)c2)C1. The topological polar surface area (TPSA) is 89.9 Å². The zero-order chi connectivity index (χ0) is 18.7. The van der Waals surface area contributed by atoms with Crippen molar-refractivity contribution in [2.75, 3.05) is 20.1 Å². The zero-order valence-electron chi connectivity index (χ0n) is 14.6. The Bertz CT molecular complexity index is 834. The van der Waals surface area contributed by atoms with Crippen LogP contribution < -0.4 is 5.32 Å². The molecule has 1 atom stereocenters. The van der Waals surface area contributed by atoms with E-state index in [1.165, 1.54) is 6.07 Å². The predicted octanol–water partition coefficient (Wildman–Crippen LogP) is 1.76. The van der Waals surface area contributed by atoms with Crippen LogP contribution in [0.25, 0.3) is 11.1 Å². The van der Waals surface area contributed by atoms with E-state index >= 15 is 0 Å². The molecule has 1 heterocycles. The molecule has 0 radical (unpaired) electrons. The minimum absolute atomic E-state index is 0.0327. The van der Waals surface area contributed by atoms with Crippen LogP contribution in [0.3, 0.4) is 0 Å². The molecule has 0 saturated carbocycles. The minimum atomic E-state index is -0.257. The van der Waals surface area contributed by atoms with E-state index in [-0.39, 0.29) is 30.1 Å². The van der Waals surface area contributed by atoms with Gasteiger partial charge in [-0.15, -0.1) is 0 Å². The molecular weight excluding hydrogens is 332 g/mol. The highest BCUT2D eigenvalue weighted by Crippen LogP contribution is 2.27. The molecule has 26 heavy (non-hydrogen) atoms. The van der Waals surface area contributed by atoms with Gasteiger partial charge in [0.15, 0.2) is 0 Å². The first kappa shape index (κ1) is 17.9. The van der Waals surface area contributed by atoms with Gasteiger partial charge < -0.3 is 20.4 Å². The van der Waals surface area contributed by atoms with Gasteiger partial charge in [-0.05, 0) is 41.8 Å². The highest BCUT2D eigenvalue weighted by molar-refractivity contribution is 5.96.